The molecule has 0 bridgehead atoms. The third-order valence-corrected chi connectivity index (χ3v) is 3.63. The molecule has 0 amide bonds. The normalized spacial score (nSPS) is 11.7. The van der Waals surface area contributed by atoms with E-state index in [1.165, 1.54) is 23.9 Å². The first-order chi connectivity index (χ1) is 9.79. The Morgan fingerprint density at radius 2 is 1.71 bits per heavy atom. The maximum atomic E-state index is 12.8. The molecule has 2 aromatic rings. The van der Waals surface area contributed by atoms with Crippen molar-refractivity contribution in [2.45, 2.75) is 36.6 Å². The fourth-order valence-corrected chi connectivity index (χ4v) is 2.85. The van der Waals surface area contributed by atoms with E-state index in [9.17, 15) is 13.2 Å². The summed E-state index contributed by atoms with van der Waals surface area (Å²) in [5, 5.41) is 0.509. The highest BCUT2D eigenvalue weighted by atomic mass is 32.2. The van der Waals surface area contributed by atoms with Gasteiger partial charge in [0.05, 0.1) is 5.56 Å². The van der Waals surface area contributed by atoms with Crippen molar-refractivity contribution in [3.05, 3.63) is 46.8 Å². The van der Waals surface area contributed by atoms with E-state index < -0.39 is 11.7 Å². The Labute approximate surface area is 124 Å². The van der Waals surface area contributed by atoms with Gasteiger partial charge in [0.2, 0.25) is 0 Å². The van der Waals surface area contributed by atoms with E-state index in [0.29, 0.717) is 10.1 Å². The van der Waals surface area contributed by atoms with E-state index >= 15 is 0 Å². The van der Waals surface area contributed by atoms with E-state index in [1.54, 1.807) is 0 Å². The average molecular weight is 313 g/mol. The number of hydrogen-bond acceptors (Lipinski definition) is 4. The summed E-state index contributed by atoms with van der Waals surface area (Å²) in [6.07, 6.45) is -4.39. The van der Waals surface area contributed by atoms with Crippen LogP contribution in [0.1, 0.15) is 22.5 Å². The Morgan fingerprint density at radius 1 is 1.10 bits per heavy atom. The van der Waals surface area contributed by atoms with Crippen molar-refractivity contribution in [2.75, 3.05) is 0 Å². The topological polar surface area (TPSA) is 51.8 Å². The Bertz CT molecular complexity index is 636. The van der Waals surface area contributed by atoms with Crippen LogP contribution in [0.15, 0.2) is 34.3 Å². The minimum absolute atomic E-state index is 0.0666. The van der Waals surface area contributed by atoms with Crippen LogP contribution in [0.5, 0.6) is 0 Å². The van der Waals surface area contributed by atoms with E-state index in [0.717, 1.165) is 17.5 Å². The van der Waals surface area contributed by atoms with E-state index in [-0.39, 0.29) is 12.1 Å². The van der Waals surface area contributed by atoms with Crippen LogP contribution < -0.4 is 5.73 Å². The lowest BCUT2D eigenvalue weighted by Gasteiger charge is -2.12. The summed E-state index contributed by atoms with van der Waals surface area (Å²) in [5.74, 6) is 0. The molecule has 0 fully saturated rings. The zero-order valence-corrected chi connectivity index (χ0v) is 12.3. The number of halogens is 3. The second-order valence-electron chi connectivity index (χ2n) is 4.56. The summed E-state index contributed by atoms with van der Waals surface area (Å²) in [6, 6.07) is 5.73. The van der Waals surface area contributed by atoms with Gasteiger partial charge in [-0.15, -0.1) is 0 Å². The summed E-state index contributed by atoms with van der Waals surface area (Å²) in [4.78, 5) is 9.14. The van der Waals surface area contributed by atoms with Crippen LogP contribution in [0, 0.1) is 13.8 Å². The molecule has 0 aliphatic heterocycles. The highest BCUT2D eigenvalue weighted by molar-refractivity contribution is 7.99. The number of aromatic nitrogens is 2. The number of alkyl halides is 3. The van der Waals surface area contributed by atoms with Gasteiger partial charge in [-0.1, -0.05) is 0 Å². The molecule has 1 heterocycles. The van der Waals surface area contributed by atoms with Gasteiger partial charge in [-0.2, -0.15) is 13.2 Å². The van der Waals surface area contributed by atoms with Gasteiger partial charge in [-0.3, -0.25) is 0 Å². The van der Waals surface area contributed by atoms with Crippen LogP contribution in [0.4, 0.5) is 13.2 Å². The Kier molecular flexibility index (Phi) is 4.53. The first-order valence-corrected chi connectivity index (χ1v) is 7.01. The lowest BCUT2D eigenvalue weighted by atomic mass is 10.1. The first-order valence-electron chi connectivity index (χ1n) is 6.20. The van der Waals surface area contributed by atoms with Gasteiger partial charge in [0.15, 0.2) is 5.16 Å². The molecule has 1 aromatic carbocycles. The van der Waals surface area contributed by atoms with Gasteiger partial charge < -0.3 is 5.73 Å². The quantitative estimate of drug-likeness (QED) is 0.877. The highest BCUT2D eigenvalue weighted by Crippen LogP contribution is 2.35. The van der Waals surface area contributed by atoms with Gasteiger partial charge in [0.25, 0.3) is 0 Å². The van der Waals surface area contributed by atoms with Crippen molar-refractivity contribution in [1.82, 2.24) is 9.97 Å². The summed E-state index contributed by atoms with van der Waals surface area (Å²) >= 11 is 1.22. The maximum absolute atomic E-state index is 12.8. The second-order valence-corrected chi connectivity index (χ2v) is 5.60. The number of benzene rings is 1. The van der Waals surface area contributed by atoms with Crippen molar-refractivity contribution >= 4 is 11.8 Å². The second kappa shape index (κ2) is 6.03. The zero-order chi connectivity index (χ0) is 15.6. The predicted octanol–water partition coefficient (Wildman–Crippen LogP) is 3.72. The molecule has 0 saturated carbocycles. The Balaban J connectivity index is 2.33. The molecule has 0 saturated heterocycles. The summed E-state index contributed by atoms with van der Waals surface area (Å²) in [6.45, 7) is 3.52. The van der Waals surface area contributed by atoms with Crippen LogP contribution >= 0.6 is 11.8 Å². The van der Waals surface area contributed by atoms with Gasteiger partial charge in [0, 0.05) is 22.8 Å². The van der Waals surface area contributed by atoms with Crippen LogP contribution in [0.3, 0.4) is 0 Å². The van der Waals surface area contributed by atoms with Crippen LogP contribution in [0.25, 0.3) is 0 Å². The summed E-state index contributed by atoms with van der Waals surface area (Å²) in [7, 11) is 0. The number of aryl methyl sites for hydroxylation is 2. The Morgan fingerprint density at radius 3 is 2.24 bits per heavy atom. The molecule has 0 spiro atoms. The largest absolute Gasteiger partial charge is 0.416 e. The SMILES string of the molecule is Cc1cc(C)nc(Sc2ccc(C(F)(F)F)c(CN)c2)n1. The van der Waals surface area contributed by atoms with Crippen molar-refractivity contribution in [3.63, 3.8) is 0 Å². The fraction of sp³-hybridized carbons (Fsp3) is 0.286. The molecule has 2 rings (SSSR count). The molecule has 0 unspecified atom stereocenters. The summed E-state index contributed by atoms with van der Waals surface area (Å²) in [5.41, 5.74) is 6.42. The standard InChI is InChI=1S/C14H14F3N3S/c1-8-5-9(2)20-13(19-8)21-11-3-4-12(14(15,16)17)10(6-11)7-18/h3-6H,7,18H2,1-2H3. The molecule has 21 heavy (non-hydrogen) atoms. The molecule has 3 nitrogen and oxygen atoms in total. The monoisotopic (exact) mass is 313 g/mol. The third kappa shape index (κ3) is 3.95. The van der Waals surface area contributed by atoms with Crippen molar-refractivity contribution < 1.29 is 13.2 Å². The first kappa shape index (κ1) is 15.8. The fourth-order valence-electron chi connectivity index (χ4n) is 1.92. The van der Waals surface area contributed by atoms with Crippen LogP contribution in [0.2, 0.25) is 0 Å². The molecule has 2 N–H and O–H groups in total. The van der Waals surface area contributed by atoms with Crippen molar-refractivity contribution in [3.8, 4) is 0 Å². The maximum Gasteiger partial charge on any atom is 0.416 e. The smallest absolute Gasteiger partial charge is 0.326 e. The van der Waals surface area contributed by atoms with Crippen molar-refractivity contribution in [2.24, 2.45) is 5.73 Å². The molecular formula is C14H14F3N3S. The lowest BCUT2D eigenvalue weighted by Crippen LogP contribution is -2.11. The molecule has 112 valence electrons. The molecule has 0 radical (unpaired) electrons. The molecule has 0 aliphatic carbocycles. The molecule has 7 heteroatoms. The zero-order valence-electron chi connectivity index (χ0n) is 11.5. The Hall–Kier alpha value is -1.60. The van der Waals surface area contributed by atoms with Crippen LogP contribution in [-0.4, -0.2) is 9.97 Å². The number of rotatable bonds is 3. The highest BCUT2D eigenvalue weighted by Gasteiger charge is 2.32. The van der Waals surface area contributed by atoms with Gasteiger partial charge >= 0.3 is 6.18 Å². The predicted molar refractivity (Wildman–Crippen MR) is 75.0 cm³/mol. The van der Waals surface area contributed by atoms with E-state index in [4.69, 9.17) is 5.73 Å². The van der Waals surface area contributed by atoms with Gasteiger partial charge in [-0.25, -0.2) is 9.97 Å². The average Bonchev–Trinajstić information content (AvgIpc) is 2.36. The minimum Gasteiger partial charge on any atom is -0.326 e. The van der Waals surface area contributed by atoms with E-state index in [1.807, 2.05) is 19.9 Å². The molecule has 0 atom stereocenters. The molecule has 1 aromatic heterocycles. The minimum atomic E-state index is -4.39. The number of hydrogen-bond donors (Lipinski definition) is 1. The van der Waals surface area contributed by atoms with Gasteiger partial charge in [0.1, 0.15) is 0 Å². The third-order valence-electron chi connectivity index (χ3n) is 2.77. The summed E-state index contributed by atoms with van der Waals surface area (Å²) < 4.78 is 38.4. The van der Waals surface area contributed by atoms with Gasteiger partial charge in [-0.05, 0) is 55.4 Å². The molecule has 0 aliphatic rings. The molecular weight excluding hydrogens is 299 g/mol. The van der Waals surface area contributed by atoms with Crippen molar-refractivity contribution in [1.29, 1.82) is 0 Å². The van der Waals surface area contributed by atoms with E-state index in [2.05, 4.69) is 9.97 Å². The lowest BCUT2D eigenvalue weighted by molar-refractivity contribution is -0.138. The number of nitrogens with zero attached hydrogens (tertiary/aromatic N) is 2. The number of nitrogens with two attached hydrogens (primary N) is 1. The van der Waals surface area contributed by atoms with Crippen LogP contribution in [-0.2, 0) is 12.7 Å².